The van der Waals surface area contributed by atoms with Gasteiger partial charge in [-0.2, -0.15) is 0 Å². The first-order valence-corrected chi connectivity index (χ1v) is 8.38. The van der Waals surface area contributed by atoms with E-state index in [4.69, 9.17) is 9.47 Å². The van der Waals surface area contributed by atoms with Crippen LogP contribution in [-0.4, -0.2) is 50.1 Å². The average Bonchev–Trinajstić information content (AvgIpc) is 3.24. The Morgan fingerprint density at radius 1 is 1.00 bits per heavy atom. The highest BCUT2D eigenvalue weighted by Crippen LogP contribution is 2.75. The highest BCUT2D eigenvalue weighted by atomic mass is 16.5. The molecule has 6 nitrogen and oxygen atoms in total. The van der Waals surface area contributed by atoms with Crippen LogP contribution in [0.5, 0.6) is 0 Å². The van der Waals surface area contributed by atoms with E-state index in [0.29, 0.717) is 13.1 Å². The van der Waals surface area contributed by atoms with Crippen LogP contribution in [0.4, 0.5) is 0 Å². The van der Waals surface area contributed by atoms with Crippen molar-refractivity contribution in [3.8, 4) is 0 Å². The number of ether oxygens (including phenoxy) is 2. The molecule has 1 unspecified atom stereocenters. The van der Waals surface area contributed by atoms with Crippen LogP contribution in [0.25, 0.3) is 0 Å². The van der Waals surface area contributed by atoms with Gasteiger partial charge in [0.05, 0.1) is 19.6 Å². The summed E-state index contributed by atoms with van der Waals surface area (Å²) in [5.74, 6) is -2.36. The Morgan fingerprint density at radius 2 is 1.48 bits per heavy atom. The highest BCUT2D eigenvalue weighted by Gasteiger charge is 2.88. The van der Waals surface area contributed by atoms with Crippen molar-refractivity contribution in [2.24, 2.45) is 10.8 Å². The first-order chi connectivity index (χ1) is 11.9. The van der Waals surface area contributed by atoms with Gasteiger partial charge in [-0.25, -0.2) is 0 Å². The molecule has 1 aliphatic rings. The number of nitrogens with zero attached hydrogens (tertiary/aromatic N) is 1. The minimum absolute atomic E-state index is 0.248. The predicted molar refractivity (Wildman–Crippen MR) is 91.7 cm³/mol. The van der Waals surface area contributed by atoms with E-state index in [0.717, 1.165) is 5.56 Å². The molecule has 136 valence electrons. The summed E-state index contributed by atoms with van der Waals surface area (Å²) < 4.78 is 9.87. The van der Waals surface area contributed by atoms with Gasteiger partial charge in [0, 0.05) is 19.0 Å². The highest BCUT2D eigenvalue weighted by molar-refractivity contribution is 6.14. The third kappa shape index (κ3) is 2.42. The van der Waals surface area contributed by atoms with Crippen LogP contribution >= 0.6 is 0 Å². The van der Waals surface area contributed by atoms with Gasteiger partial charge in [0.25, 0.3) is 0 Å². The van der Waals surface area contributed by atoms with E-state index >= 15 is 0 Å². The Kier molecular flexibility index (Phi) is 5.20. The molecule has 2 atom stereocenters. The lowest BCUT2D eigenvalue weighted by molar-refractivity contribution is -0.166. The van der Waals surface area contributed by atoms with Crippen LogP contribution in [0, 0.1) is 10.8 Å². The number of benzene rings is 1. The summed E-state index contributed by atoms with van der Waals surface area (Å²) in [5.41, 5.74) is -2.18. The van der Waals surface area contributed by atoms with E-state index in [1.165, 1.54) is 14.2 Å². The van der Waals surface area contributed by atoms with Gasteiger partial charge < -0.3 is 14.4 Å². The Labute approximate surface area is 148 Å². The zero-order valence-electron chi connectivity index (χ0n) is 15.4. The number of amides is 1. The molecule has 0 radical (unpaired) electrons. The van der Waals surface area contributed by atoms with Crippen molar-refractivity contribution in [2.75, 3.05) is 27.3 Å². The minimum atomic E-state index is -1.67. The summed E-state index contributed by atoms with van der Waals surface area (Å²) in [4.78, 5) is 40.3. The normalized spacial score (nSPS) is 23.5. The zero-order valence-corrected chi connectivity index (χ0v) is 15.4. The number of rotatable bonds is 6. The fraction of sp³-hybridized carbons (Fsp3) is 0.526. The van der Waals surface area contributed by atoms with E-state index in [1.54, 1.807) is 11.8 Å². The van der Waals surface area contributed by atoms with Crippen molar-refractivity contribution >= 4 is 17.8 Å². The summed E-state index contributed by atoms with van der Waals surface area (Å²) in [6.45, 7) is 6.36. The molecule has 0 aromatic heterocycles. The molecule has 0 heterocycles. The van der Waals surface area contributed by atoms with Gasteiger partial charge in [0.1, 0.15) is 0 Å². The molecule has 1 amide bonds. The minimum Gasteiger partial charge on any atom is -0.468 e. The van der Waals surface area contributed by atoms with Gasteiger partial charge in [-0.05, 0) is 26.3 Å². The van der Waals surface area contributed by atoms with E-state index < -0.39 is 28.7 Å². The number of methoxy groups -OCH3 is 2. The summed E-state index contributed by atoms with van der Waals surface area (Å²) in [6, 6.07) is 9.09. The second-order valence-electron chi connectivity index (χ2n) is 6.31. The van der Waals surface area contributed by atoms with Crippen LogP contribution in [0.2, 0.25) is 0 Å². The molecule has 6 heteroatoms. The molecule has 1 aromatic carbocycles. The Bertz CT molecular complexity index is 652. The van der Waals surface area contributed by atoms with Crippen LogP contribution in [0.1, 0.15) is 32.3 Å². The molecule has 1 fully saturated rings. The van der Waals surface area contributed by atoms with E-state index in [9.17, 15) is 14.4 Å². The van der Waals surface area contributed by atoms with Crippen LogP contribution in [0.3, 0.4) is 0 Å². The lowest BCUT2D eigenvalue weighted by atomic mass is 9.92. The van der Waals surface area contributed by atoms with Crippen LogP contribution in [-0.2, 0) is 23.9 Å². The van der Waals surface area contributed by atoms with E-state index in [-0.39, 0.29) is 5.91 Å². The van der Waals surface area contributed by atoms with E-state index in [2.05, 4.69) is 0 Å². The Hall–Kier alpha value is -2.37. The summed E-state index contributed by atoms with van der Waals surface area (Å²) in [5, 5.41) is 0. The molecule has 1 aromatic rings. The molecular weight excluding hydrogens is 322 g/mol. The average molecular weight is 347 g/mol. The van der Waals surface area contributed by atoms with Crippen molar-refractivity contribution < 1.29 is 23.9 Å². The first kappa shape index (κ1) is 19.0. The van der Waals surface area contributed by atoms with E-state index in [1.807, 2.05) is 44.2 Å². The third-order valence-corrected chi connectivity index (χ3v) is 5.39. The standard InChI is InChI=1S/C19H25NO5/c1-6-20(7-2)15(21)18(3)14(13-11-9-8-10-12-13)19(18,16(22)24-4)17(23)25-5/h8-12,14H,6-7H2,1-5H3/t14-,18?/m1/s1. The SMILES string of the molecule is CCN(CC)C(=O)C1(C)[C@@H](c2ccccc2)C1(C(=O)OC)C(=O)OC. The predicted octanol–water partition coefficient (Wildman–Crippen LogP) is 1.99. The zero-order chi connectivity index (χ0) is 18.8. The summed E-state index contributed by atoms with van der Waals surface area (Å²) in [6.07, 6.45) is 0. The molecule has 25 heavy (non-hydrogen) atoms. The molecule has 0 bridgehead atoms. The van der Waals surface area contributed by atoms with Crippen molar-refractivity contribution in [3.05, 3.63) is 35.9 Å². The van der Waals surface area contributed by atoms with Gasteiger partial charge in [0.15, 0.2) is 5.41 Å². The molecule has 0 spiro atoms. The lowest BCUT2D eigenvalue weighted by Gasteiger charge is -2.25. The lowest BCUT2D eigenvalue weighted by Crippen LogP contribution is -2.43. The number of carbonyl (C=O) groups excluding carboxylic acids is 3. The van der Waals surface area contributed by atoms with Crippen molar-refractivity contribution in [1.29, 1.82) is 0 Å². The monoisotopic (exact) mass is 347 g/mol. The van der Waals surface area contributed by atoms with Gasteiger partial charge in [-0.3, -0.25) is 14.4 Å². The Balaban J connectivity index is 2.66. The number of hydrogen-bond acceptors (Lipinski definition) is 5. The van der Waals surface area contributed by atoms with Crippen LogP contribution in [0.15, 0.2) is 30.3 Å². The first-order valence-electron chi connectivity index (χ1n) is 8.38. The molecular formula is C19H25NO5. The Morgan fingerprint density at radius 3 is 1.88 bits per heavy atom. The van der Waals surface area contributed by atoms with Gasteiger partial charge in [-0.15, -0.1) is 0 Å². The topological polar surface area (TPSA) is 72.9 Å². The summed E-state index contributed by atoms with van der Waals surface area (Å²) >= 11 is 0. The maximum Gasteiger partial charge on any atom is 0.325 e. The third-order valence-electron chi connectivity index (χ3n) is 5.39. The fourth-order valence-corrected chi connectivity index (χ4v) is 4.04. The molecule has 0 N–H and O–H groups in total. The van der Waals surface area contributed by atoms with Crippen molar-refractivity contribution in [2.45, 2.75) is 26.7 Å². The maximum atomic E-state index is 13.2. The van der Waals surface area contributed by atoms with Gasteiger partial charge in [0.2, 0.25) is 5.91 Å². The van der Waals surface area contributed by atoms with Crippen molar-refractivity contribution in [3.63, 3.8) is 0 Å². The second kappa shape index (κ2) is 6.86. The molecule has 0 aliphatic heterocycles. The molecule has 0 saturated heterocycles. The van der Waals surface area contributed by atoms with Crippen LogP contribution < -0.4 is 0 Å². The summed E-state index contributed by atoms with van der Waals surface area (Å²) in [7, 11) is 2.44. The largest absolute Gasteiger partial charge is 0.468 e. The van der Waals surface area contributed by atoms with Gasteiger partial charge >= 0.3 is 11.9 Å². The second-order valence-corrected chi connectivity index (χ2v) is 6.31. The molecule has 2 rings (SSSR count). The number of esters is 2. The van der Waals surface area contributed by atoms with Crippen molar-refractivity contribution in [1.82, 2.24) is 4.90 Å². The fourth-order valence-electron chi connectivity index (χ4n) is 4.04. The number of hydrogen-bond donors (Lipinski definition) is 0. The van der Waals surface area contributed by atoms with Gasteiger partial charge in [-0.1, -0.05) is 30.3 Å². The molecule has 1 saturated carbocycles. The quantitative estimate of drug-likeness (QED) is 0.581. The molecule has 1 aliphatic carbocycles. The smallest absolute Gasteiger partial charge is 0.325 e. The maximum absolute atomic E-state index is 13.2. The number of carbonyl (C=O) groups is 3.